The van der Waals surface area contributed by atoms with Gasteiger partial charge < -0.3 is 14.4 Å². The summed E-state index contributed by atoms with van der Waals surface area (Å²) < 4.78 is 7.12. The molecule has 3 rings (SSSR count). The molecule has 1 saturated heterocycles. The molecule has 1 aliphatic heterocycles. The van der Waals surface area contributed by atoms with Gasteiger partial charge in [-0.2, -0.15) is 0 Å². The van der Waals surface area contributed by atoms with Crippen molar-refractivity contribution in [3.05, 3.63) is 30.1 Å². The molecule has 0 spiro atoms. The molecular weight excluding hydrogens is 220 g/mol. The van der Waals surface area contributed by atoms with E-state index in [2.05, 4.69) is 4.98 Å². The standard InChI is InChI=1S/C12H12N2O3/c15-12(16)9-1-2-10-11(3-9)14(7-13-10)4-8-5-17-6-8/h1-3,7-8H,4-6H2,(H,15,16). The molecule has 5 nitrogen and oxygen atoms in total. The lowest BCUT2D eigenvalue weighted by atomic mass is 10.1. The highest BCUT2D eigenvalue weighted by molar-refractivity contribution is 5.92. The van der Waals surface area contributed by atoms with Gasteiger partial charge in [-0.3, -0.25) is 0 Å². The normalized spacial score (nSPS) is 16.0. The van der Waals surface area contributed by atoms with Crippen LogP contribution in [0, 0.1) is 5.92 Å². The predicted molar refractivity (Wildman–Crippen MR) is 61.0 cm³/mol. The average molecular weight is 232 g/mol. The second-order valence-corrected chi connectivity index (χ2v) is 4.31. The van der Waals surface area contributed by atoms with Crippen LogP contribution in [-0.2, 0) is 11.3 Å². The van der Waals surface area contributed by atoms with Gasteiger partial charge in [-0.05, 0) is 18.2 Å². The number of rotatable bonds is 3. The van der Waals surface area contributed by atoms with E-state index in [1.54, 1.807) is 24.5 Å². The maximum absolute atomic E-state index is 10.9. The van der Waals surface area contributed by atoms with Crippen molar-refractivity contribution >= 4 is 17.0 Å². The van der Waals surface area contributed by atoms with Gasteiger partial charge in [-0.25, -0.2) is 9.78 Å². The summed E-state index contributed by atoms with van der Waals surface area (Å²) in [5.41, 5.74) is 2.00. The van der Waals surface area contributed by atoms with E-state index in [0.29, 0.717) is 11.5 Å². The number of hydrogen-bond acceptors (Lipinski definition) is 3. The minimum absolute atomic E-state index is 0.295. The predicted octanol–water partition coefficient (Wildman–Crippen LogP) is 1.38. The molecule has 1 aromatic heterocycles. The van der Waals surface area contributed by atoms with Crippen LogP contribution < -0.4 is 0 Å². The zero-order valence-electron chi connectivity index (χ0n) is 9.17. The number of carboxylic acids is 1. The second kappa shape index (κ2) is 3.85. The van der Waals surface area contributed by atoms with Crippen LogP contribution in [0.25, 0.3) is 11.0 Å². The first-order chi connectivity index (χ1) is 8.24. The van der Waals surface area contributed by atoms with Crippen LogP contribution in [0.5, 0.6) is 0 Å². The highest BCUT2D eigenvalue weighted by Crippen LogP contribution is 2.19. The van der Waals surface area contributed by atoms with E-state index in [0.717, 1.165) is 30.8 Å². The van der Waals surface area contributed by atoms with E-state index in [9.17, 15) is 4.79 Å². The molecule has 0 radical (unpaired) electrons. The maximum Gasteiger partial charge on any atom is 0.335 e. The molecule has 1 fully saturated rings. The molecule has 0 bridgehead atoms. The molecule has 0 unspecified atom stereocenters. The molecule has 0 amide bonds. The summed E-state index contributed by atoms with van der Waals surface area (Å²) in [6, 6.07) is 4.99. The molecule has 1 N–H and O–H groups in total. The number of carbonyl (C=O) groups is 1. The van der Waals surface area contributed by atoms with Crippen LogP contribution >= 0.6 is 0 Å². The molecule has 1 aromatic carbocycles. The number of aromatic carboxylic acids is 1. The van der Waals surface area contributed by atoms with Crippen LogP contribution in [0.1, 0.15) is 10.4 Å². The van der Waals surface area contributed by atoms with Crippen molar-refractivity contribution in [3.63, 3.8) is 0 Å². The third-order valence-electron chi connectivity index (χ3n) is 3.03. The third kappa shape index (κ3) is 1.78. The lowest BCUT2D eigenvalue weighted by Crippen LogP contribution is -2.31. The van der Waals surface area contributed by atoms with Gasteiger partial charge in [0.2, 0.25) is 0 Å². The van der Waals surface area contributed by atoms with Gasteiger partial charge in [0.15, 0.2) is 0 Å². The molecule has 17 heavy (non-hydrogen) atoms. The van der Waals surface area contributed by atoms with E-state index in [1.807, 2.05) is 4.57 Å². The molecule has 0 saturated carbocycles. The first-order valence-corrected chi connectivity index (χ1v) is 5.50. The summed E-state index contributed by atoms with van der Waals surface area (Å²) in [4.78, 5) is 15.2. The second-order valence-electron chi connectivity index (χ2n) is 4.31. The number of aromatic nitrogens is 2. The Balaban J connectivity index is 1.99. The Bertz CT molecular complexity index is 572. The highest BCUT2D eigenvalue weighted by atomic mass is 16.5. The van der Waals surface area contributed by atoms with E-state index < -0.39 is 5.97 Å². The third-order valence-corrected chi connectivity index (χ3v) is 3.03. The fourth-order valence-corrected chi connectivity index (χ4v) is 2.00. The summed E-state index contributed by atoms with van der Waals surface area (Å²) in [5.74, 6) is -0.396. The van der Waals surface area contributed by atoms with Crippen LogP contribution in [0.3, 0.4) is 0 Å². The van der Waals surface area contributed by atoms with E-state index in [4.69, 9.17) is 9.84 Å². The SMILES string of the molecule is O=C(O)c1ccc2ncn(CC3COC3)c2c1. The van der Waals surface area contributed by atoms with Gasteiger partial charge in [0.1, 0.15) is 0 Å². The Labute approximate surface area is 97.6 Å². The Morgan fingerprint density at radius 1 is 1.53 bits per heavy atom. The lowest BCUT2D eigenvalue weighted by molar-refractivity contribution is -0.0389. The van der Waals surface area contributed by atoms with Crippen molar-refractivity contribution in [2.75, 3.05) is 13.2 Å². The van der Waals surface area contributed by atoms with Crippen molar-refractivity contribution in [1.82, 2.24) is 9.55 Å². The number of ether oxygens (including phenoxy) is 1. The molecule has 2 aromatic rings. The zero-order valence-corrected chi connectivity index (χ0v) is 9.17. The van der Waals surface area contributed by atoms with Crippen LogP contribution in [0.15, 0.2) is 24.5 Å². The molecule has 88 valence electrons. The minimum Gasteiger partial charge on any atom is -0.478 e. The quantitative estimate of drug-likeness (QED) is 0.868. The first-order valence-electron chi connectivity index (χ1n) is 5.50. The number of imidazole rings is 1. The number of benzene rings is 1. The molecule has 0 atom stereocenters. The Hall–Kier alpha value is -1.88. The number of nitrogens with zero attached hydrogens (tertiary/aromatic N) is 2. The molecule has 2 heterocycles. The van der Waals surface area contributed by atoms with E-state index >= 15 is 0 Å². The van der Waals surface area contributed by atoms with Crippen LogP contribution in [0.2, 0.25) is 0 Å². The van der Waals surface area contributed by atoms with Gasteiger partial charge >= 0.3 is 5.97 Å². The monoisotopic (exact) mass is 232 g/mol. The number of hydrogen-bond donors (Lipinski definition) is 1. The van der Waals surface area contributed by atoms with Crippen molar-refractivity contribution in [2.24, 2.45) is 5.92 Å². The Morgan fingerprint density at radius 3 is 3.00 bits per heavy atom. The van der Waals surface area contributed by atoms with Crippen molar-refractivity contribution in [3.8, 4) is 0 Å². The fourth-order valence-electron chi connectivity index (χ4n) is 2.00. The molecule has 5 heteroatoms. The zero-order chi connectivity index (χ0) is 11.8. The van der Waals surface area contributed by atoms with Crippen LogP contribution in [-0.4, -0.2) is 33.8 Å². The summed E-state index contributed by atoms with van der Waals surface area (Å²) in [6.45, 7) is 2.39. The summed E-state index contributed by atoms with van der Waals surface area (Å²) >= 11 is 0. The lowest BCUT2D eigenvalue weighted by Gasteiger charge is -2.26. The number of fused-ring (bicyclic) bond motifs is 1. The largest absolute Gasteiger partial charge is 0.478 e. The van der Waals surface area contributed by atoms with Crippen molar-refractivity contribution < 1.29 is 14.6 Å². The smallest absolute Gasteiger partial charge is 0.335 e. The number of carboxylic acid groups (broad SMARTS) is 1. The van der Waals surface area contributed by atoms with Crippen molar-refractivity contribution in [2.45, 2.75) is 6.54 Å². The molecule has 1 aliphatic rings. The summed E-state index contributed by atoms with van der Waals surface area (Å²) in [5, 5.41) is 8.96. The van der Waals surface area contributed by atoms with Gasteiger partial charge in [-0.1, -0.05) is 0 Å². The highest BCUT2D eigenvalue weighted by Gasteiger charge is 2.19. The van der Waals surface area contributed by atoms with Gasteiger partial charge in [0, 0.05) is 12.5 Å². The molecule has 0 aliphatic carbocycles. The molecular formula is C12H12N2O3. The van der Waals surface area contributed by atoms with Crippen LogP contribution in [0.4, 0.5) is 0 Å². The average Bonchev–Trinajstić information content (AvgIpc) is 2.65. The van der Waals surface area contributed by atoms with Gasteiger partial charge in [0.25, 0.3) is 0 Å². The first kappa shape index (κ1) is 10.3. The maximum atomic E-state index is 10.9. The topological polar surface area (TPSA) is 64.3 Å². The summed E-state index contributed by atoms with van der Waals surface area (Å²) in [7, 11) is 0. The van der Waals surface area contributed by atoms with Gasteiger partial charge in [0.05, 0.1) is 36.1 Å². The minimum atomic E-state index is -0.911. The Kier molecular flexibility index (Phi) is 2.33. The summed E-state index contributed by atoms with van der Waals surface area (Å²) in [6.07, 6.45) is 1.76. The fraction of sp³-hybridized carbons (Fsp3) is 0.333. The van der Waals surface area contributed by atoms with E-state index in [-0.39, 0.29) is 0 Å². The van der Waals surface area contributed by atoms with Crippen molar-refractivity contribution in [1.29, 1.82) is 0 Å². The Morgan fingerprint density at radius 2 is 2.35 bits per heavy atom. The van der Waals surface area contributed by atoms with E-state index in [1.165, 1.54) is 0 Å². The van der Waals surface area contributed by atoms with Gasteiger partial charge in [-0.15, -0.1) is 0 Å².